The van der Waals surface area contributed by atoms with E-state index in [1.54, 1.807) is 36.5 Å². The summed E-state index contributed by atoms with van der Waals surface area (Å²) in [7, 11) is 0. The van der Waals surface area contributed by atoms with Gasteiger partial charge in [0.1, 0.15) is 21.3 Å². The summed E-state index contributed by atoms with van der Waals surface area (Å²) in [6.07, 6.45) is 3.14. The quantitative estimate of drug-likeness (QED) is 0.399. The average molecular weight is 488 g/mol. The number of likely N-dealkylation sites (N-methyl/N-ethyl adjacent to an activating group) is 1. The van der Waals surface area contributed by atoms with Gasteiger partial charge in [-0.1, -0.05) is 46.0 Å². The van der Waals surface area contributed by atoms with Crippen LogP contribution >= 0.6 is 39.9 Å². The largest absolute Gasteiger partial charge is 0.438 e. The number of amides is 1. The third-order valence-corrected chi connectivity index (χ3v) is 6.13. The van der Waals surface area contributed by atoms with Crippen LogP contribution in [0.15, 0.2) is 62.8 Å². The predicted molar refractivity (Wildman–Crippen MR) is 121 cm³/mol. The Balaban J connectivity index is 1.87. The van der Waals surface area contributed by atoms with Crippen LogP contribution in [0.5, 0.6) is 11.6 Å². The summed E-state index contributed by atoms with van der Waals surface area (Å²) < 4.78 is 8.71. The zero-order valence-electron chi connectivity index (χ0n) is 15.2. The summed E-state index contributed by atoms with van der Waals surface area (Å²) in [6.45, 7) is 2.32. The molecule has 1 aromatic carbocycles. The number of carbonyl (C=O) groups excluding carboxylic acids is 1. The molecule has 9 heteroatoms. The molecule has 0 unspecified atom stereocenters. The highest BCUT2D eigenvalue weighted by Crippen LogP contribution is 2.34. The molecule has 3 heterocycles. The first kappa shape index (κ1) is 19.8. The van der Waals surface area contributed by atoms with Gasteiger partial charge in [-0.3, -0.25) is 18.9 Å². The highest BCUT2D eigenvalue weighted by Gasteiger charge is 2.31. The highest BCUT2D eigenvalue weighted by atomic mass is 79.9. The molecular weight excluding hydrogens is 474 g/mol. The van der Waals surface area contributed by atoms with Crippen LogP contribution in [-0.4, -0.2) is 31.1 Å². The first-order valence-electron chi connectivity index (χ1n) is 8.68. The Kier molecular flexibility index (Phi) is 5.53. The van der Waals surface area contributed by atoms with Gasteiger partial charge in [-0.05, 0) is 49.4 Å². The monoisotopic (exact) mass is 487 g/mol. The Hall–Kier alpha value is -2.49. The second kappa shape index (κ2) is 8.10. The molecule has 0 spiro atoms. The van der Waals surface area contributed by atoms with Crippen LogP contribution < -0.4 is 10.3 Å². The van der Waals surface area contributed by atoms with Crippen molar-refractivity contribution in [3.63, 3.8) is 0 Å². The molecule has 0 aliphatic carbocycles. The van der Waals surface area contributed by atoms with E-state index >= 15 is 0 Å². The van der Waals surface area contributed by atoms with Crippen molar-refractivity contribution < 1.29 is 9.53 Å². The highest BCUT2D eigenvalue weighted by molar-refractivity contribution is 9.10. The lowest BCUT2D eigenvalue weighted by molar-refractivity contribution is -0.121. The molecule has 2 aromatic heterocycles. The number of nitrogens with zero attached hydrogens (tertiary/aromatic N) is 3. The number of aromatic nitrogens is 2. The van der Waals surface area contributed by atoms with E-state index in [4.69, 9.17) is 17.0 Å². The zero-order chi connectivity index (χ0) is 20.5. The molecule has 1 aliphatic heterocycles. The Bertz CT molecular complexity index is 1220. The van der Waals surface area contributed by atoms with E-state index in [1.807, 2.05) is 19.1 Å². The molecule has 1 aliphatic rings. The van der Waals surface area contributed by atoms with Crippen molar-refractivity contribution in [2.45, 2.75) is 6.92 Å². The number of pyridine rings is 1. The van der Waals surface area contributed by atoms with Gasteiger partial charge in [0.2, 0.25) is 5.88 Å². The molecule has 6 nitrogen and oxygen atoms in total. The van der Waals surface area contributed by atoms with Gasteiger partial charge in [0, 0.05) is 17.2 Å². The van der Waals surface area contributed by atoms with Crippen LogP contribution in [0.1, 0.15) is 12.5 Å². The van der Waals surface area contributed by atoms with Crippen molar-refractivity contribution in [1.82, 2.24) is 14.3 Å². The van der Waals surface area contributed by atoms with Gasteiger partial charge in [0.05, 0.1) is 4.91 Å². The van der Waals surface area contributed by atoms with Gasteiger partial charge < -0.3 is 4.74 Å². The summed E-state index contributed by atoms with van der Waals surface area (Å²) in [5.41, 5.74) is 0.306. The van der Waals surface area contributed by atoms with Gasteiger partial charge >= 0.3 is 0 Å². The predicted octanol–water partition coefficient (Wildman–Crippen LogP) is 4.47. The van der Waals surface area contributed by atoms with Crippen LogP contribution in [0.25, 0.3) is 11.7 Å². The molecule has 4 rings (SSSR count). The molecule has 1 saturated heterocycles. The topological polar surface area (TPSA) is 63.9 Å². The minimum absolute atomic E-state index is 0.130. The molecule has 29 heavy (non-hydrogen) atoms. The first-order chi connectivity index (χ1) is 14.0. The number of rotatable bonds is 4. The van der Waals surface area contributed by atoms with E-state index in [-0.39, 0.29) is 22.9 Å². The lowest BCUT2D eigenvalue weighted by Crippen LogP contribution is -2.27. The summed E-state index contributed by atoms with van der Waals surface area (Å²) in [5, 5.41) is 0. The standard InChI is InChI=1S/C20H14BrN3O3S2/c1-2-23-19(26)15(29-20(23)28)11-14-17(27-13-8-6-12(21)7-9-13)22-16-5-3-4-10-24(16)18(14)25/h3-11H,2H2,1H3/b15-11-. The van der Waals surface area contributed by atoms with Gasteiger partial charge in [-0.25, -0.2) is 0 Å². The van der Waals surface area contributed by atoms with Crippen LogP contribution in [0.4, 0.5) is 0 Å². The average Bonchev–Trinajstić information content (AvgIpc) is 2.99. The number of thioether (sulfide) groups is 1. The van der Waals surface area contributed by atoms with E-state index in [9.17, 15) is 9.59 Å². The fraction of sp³-hybridized carbons (Fsp3) is 0.100. The normalized spacial score (nSPS) is 15.5. The number of hydrogen-bond acceptors (Lipinski definition) is 6. The van der Waals surface area contributed by atoms with Gasteiger partial charge in [-0.15, -0.1) is 0 Å². The minimum Gasteiger partial charge on any atom is -0.438 e. The Morgan fingerprint density at radius 2 is 1.97 bits per heavy atom. The fourth-order valence-corrected chi connectivity index (χ4v) is 4.43. The van der Waals surface area contributed by atoms with Crippen LogP contribution in [-0.2, 0) is 4.79 Å². The van der Waals surface area contributed by atoms with Gasteiger partial charge in [0.15, 0.2) is 0 Å². The van der Waals surface area contributed by atoms with Crippen molar-refractivity contribution in [1.29, 1.82) is 0 Å². The van der Waals surface area contributed by atoms with Crippen molar-refractivity contribution in [3.8, 4) is 11.6 Å². The van der Waals surface area contributed by atoms with E-state index in [1.165, 1.54) is 15.4 Å². The lowest BCUT2D eigenvalue weighted by atomic mass is 10.2. The molecule has 146 valence electrons. The summed E-state index contributed by atoms with van der Waals surface area (Å²) in [4.78, 5) is 32.1. The number of thiocarbonyl (C=S) groups is 1. The smallest absolute Gasteiger partial charge is 0.269 e. The van der Waals surface area contributed by atoms with Crippen LogP contribution in [0.3, 0.4) is 0 Å². The number of benzene rings is 1. The second-order valence-electron chi connectivity index (χ2n) is 6.05. The van der Waals surface area contributed by atoms with E-state index in [0.29, 0.717) is 27.2 Å². The maximum Gasteiger partial charge on any atom is 0.269 e. The van der Waals surface area contributed by atoms with Crippen LogP contribution in [0.2, 0.25) is 0 Å². The Morgan fingerprint density at radius 1 is 1.21 bits per heavy atom. The fourth-order valence-electron chi connectivity index (χ4n) is 2.80. The van der Waals surface area contributed by atoms with E-state index < -0.39 is 0 Å². The number of carbonyl (C=O) groups is 1. The summed E-state index contributed by atoms with van der Waals surface area (Å²) in [5.74, 6) is 0.427. The van der Waals surface area contributed by atoms with E-state index in [0.717, 1.165) is 16.2 Å². The molecule has 1 amide bonds. The molecule has 0 N–H and O–H groups in total. The summed E-state index contributed by atoms with van der Waals surface area (Å²) >= 11 is 9.81. The molecule has 0 bridgehead atoms. The number of ether oxygens (including phenoxy) is 1. The first-order valence-corrected chi connectivity index (χ1v) is 10.7. The second-order valence-corrected chi connectivity index (χ2v) is 8.64. The molecular formula is C20H14BrN3O3S2. The number of fused-ring (bicyclic) bond motifs is 1. The number of hydrogen-bond donors (Lipinski definition) is 0. The van der Waals surface area contributed by atoms with Crippen molar-refractivity contribution in [2.24, 2.45) is 0 Å². The van der Waals surface area contributed by atoms with Crippen molar-refractivity contribution >= 4 is 61.9 Å². The Morgan fingerprint density at radius 3 is 2.66 bits per heavy atom. The van der Waals surface area contributed by atoms with Gasteiger partial charge in [-0.2, -0.15) is 4.98 Å². The Labute approximate surface area is 184 Å². The van der Waals surface area contributed by atoms with Crippen LogP contribution in [0, 0.1) is 0 Å². The maximum absolute atomic E-state index is 13.1. The number of halogens is 1. The maximum atomic E-state index is 13.1. The van der Waals surface area contributed by atoms with E-state index in [2.05, 4.69) is 20.9 Å². The zero-order valence-corrected chi connectivity index (χ0v) is 18.4. The van der Waals surface area contributed by atoms with Gasteiger partial charge in [0.25, 0.3) is 11.5 Å². The molecule has 0 saturated carbocycles. The summed E-state index contributed by atoms with van der Waals surface area (Å²) in [6, 6.07) is 12.4. The SMILES string of the molecule is CCN1C(=O)/C(=C/c2c(Oc3ccc(Br)cc3)nc3ccccn3c2=O)SC1=S. The molecule has 3 aromatic rings. The molecule has 0 radical (unpaired) electrons. The third-order valence-electron chi connectivity index (χ3n) is 4.23. The molecule has 0 atom stereocenters. The lowest BCUT2D eigenvalue weighted by Gasteiger charge is -2.11. The molecule has 1 fully saturated rings. The third kappa shape index (κ3) is 3.85. The van der Waals surface area contributed by atoms with Crippen molar-refractivity contribution in [2.75, 3.05) is 6.54 Å². The minimum atomic E-state index is -0.329. The van der Waals surface area contributed by atoms with Crippen molar-refractivity contribution in [3.05, 3.63) is 74.0 Å².